The molecule has 2 nitrogen and oxygen atoms in total. The molecule has 2 aromatic rings. The van der Waals surface area contributed by atoms with Crippen molar-refractivity contribution in [2.24, 2.45) is 0 Å². The van der Waals surface area contributed by atoms with E-state index in [1.54, 1.807) is 6.20 Å². The summed E-state index contributed by atoms with van der Waals surface area (Å²) in [7, 11) is 0. The summed E-state index contributed by atoms with van der Waals surface area (Å²) in [5.74, 6) is 0. The molecule has 0 saturated heterocycles. The first-order valence-electron chi connectivity index (χ1n) is 4.62. The van der Waals surface area contributed by atoms with Crippen molar-refractivity contribution in [3.05, 3.63) is 47.9 Å². The van der Waals surface area contributed by atoms with Crippen molar-refractivity contribution in [3.63, 3.8) is 0 Å². The molecule has 0 amide bonds. The highest BCUT2D eigenvalue weighted by Crippen LogP contribution is 2.17. The smallest absolute Gasteiger partial charge is 0.205 e. The van der Waals surface area contributed by atoms with Gasteiger partial charge in [-0.25, -0.2) is 4.85 Å². The molecule has 0 saturated carbocycles. The van der Waals surface area contributed by atoms with E-state index in [0.29, 0.717) is 5.69 Å². The Morgan fingerprint density at radius 1 is 1.21 bits per heavy atom. The van der Waals surface area contributed by atoms with Crippen LogP contribution in [0.5, 0.6) is 0 Å². The number of aromatic nitrogens is 1. The lowest BCUT2D eigenvalue weighted by Crippen LogP contribution is -1.75. The molecule has 0 radical (unpaired) electrons. The minimum Gasteiger partial charge on any atom is -0.268 e. The second-order valence-electron chi connectivity index (χ2n) is 2.50. The van der Waals surface area contributed by atoms with Gasteiger partial charge in [-0.2, -0.15) is 0 Å². The highest BCUT2D eigenvalue weighted by molar-refractivity contribution is 5.81. The van der Waals surface area contributed by atoms with Crippen LogP contribution in [0.4, 0.5) is 5.69 Å². The van der Waals surface area contributed by atoms with Gasteiger partial charge in [0.15, 0.2) is 0 Å². The number of fused-ring (bicyclic) bond motifs is 1. The molecule has 2 rings (SSSR count). The van der Waals surface area contributed by atoms with Crippen LogP contribution < -0.4 is 0 Å². The van der Waals surface area contributed by atoms with Crippen molar-refractivity contribution < 1.29 is 0 Å². The van der Waals surface area contributed by atoms with Gasteiger partial charge in [0.25, 0.3) is 0 Å². The number of benzene rings is 1. The third-order valence-corrected chi connectivity index (χ3v) is 1.71. The Morgan fingerprint density at radius 2 is 1.93 bits per heavy atom. The van der Waals surface area contributed by atoms with E-state index in [4.69, 9.17) is 6.57 Å². The standard InChI is InChI=1S/C10H6N2.C2H6/c1-11-9-6-8-4-2-3-5-10(8)12-7-9;1-2/h2-7H;1-2H3. The van der Waals surface area contributed by atoms with Crippen LogP contribution in [-0.2, 0) is 0 Å². The highest BCUT2D eigenvalue weighted by atomic mass is 14.7. The average molecular weight is 184 g/mol. The molecule has 0 atom stereocenters. The Kier molecular flexibility index (Phi) is 3.63. The fraction of sp³-hybridized carbons (Fsp3) is 0.167. The Balaban J connectivity index is 0.000000461. The van der Waals surface area contributed by atoms with Crippen LogP contribution in [0.25, 0.3) is 15.7 Å². The molecular formula is C12H12N2. The van der Waals surface area contributed by atoms with E-state index < -0.39 is 0 Å². The lowest BCUT2D eigenvalue weighted by atomic mass is 10.2. The second kappa shape index (κ2) is 4.98. The van der Waals surface area contributed by atoms with Crippen molar-refractivity contribution in [2.75, 3.05) is 0 Å². The number of hydrogen-bond donors (Lipinski definition) is 0. The van der Waals surface area contributed by atoms with Crippen molar-refractivity contribution in [1.29, 1.82) is 0 Å². The van der Waals surface area contributed by atoms with Crippen LogP contribution in [0.3, 0.4) is 0 Å². The molecule has 1 heterocycles. The molecule has 0 bridgehead atoms. The van der Waals surface area contributed by atoms with Crippen molar-refractivity contribution in [2.45, 2.75) is 13.8 Å². The average Bonchev–Trinajstić information content (AvgIpc) is 2.31. The van der Waals surface area contributed by atoms with E-state index in [9.17, 15) is 0 Å². The van der Waals surface area contributed by atoms with Gasteiger partial charge in [-0.1, -0.05) is 32.0 Å². The molecule has 0 fully saturated rings. The van der Waals surface area contributed by atoms with Gasteiger partial charge in [-0.15, -0.1) is 0 Å². The largest absolute Gasteiger partial charge is 0.268 e. The van der Waals surface area contributed by atoms with Gasteiger partial charge in [0, 0.05) is 6.20 Å². The summed E-state index contributed by atoms with van der Waals surface area (Å²) in [5.41, 5.74) is 1.53. The topological polar surface area (TPSA) is 17.2 Å². The summed E-state index contributed by atoms with van der Waals surface area (Å²) in [6, 6.07) is 9.61. The molecule has 70 valence electrons. The lowest BCUT2D eigenvalue weighted by Gasteiger charge is -1.94. The Labute approximate surface area is 84.0 Å². The molecule has 1 aromatic carbocycles. The van der Waals surface area contributed by atoms with Gasteiger partial charge >= 0.3 is 0 Å². The Hall–Kier alpha value is -1.88. The van der Waals surface area contributed by atoms with Crippen molar-refractivity contribution in [3.8, 4) is 0 Å². The summed E-state index contributed by atoms with van der Waals surface area (Å²) >= 11 is 0. The monoisotopic (exact) mass is 184 g/mol. The summed E-state index contributed by atoms with van der Waals surface area (Å²) in [6.07, 6.45) is 1.59. The van der Waals surface area contributed by atoms with E-state index in [1.807, 2.05) is 44.2 Å². The number of para-hydroxylation sites is 1. The van der Waals surface area contributed by atoms with Crippen LogP contribution in [-0.4, -0.2) is 4.98 Å². The SMILES string of the molecule is CC.[C-]#[N+]c1cnc2ccccc2c1. The zero-order valence-corrected chi connectivity index (χ0v) is 8.36. The minimum absolute atomic E-state index is 0.591. The minimum atomic E-state index is 0.591. The molecule has 2 heteroatoms. The molecule has 0 aliphatic rings. The van der Waals surface area contributed by atoms with Crippen LogP contribution >= 0.6 is 0 Å². The van der Waals surface area contributed by atoms with Crippen LogP contribution in [0.2, 0.25) is 0 Å². The van der Waals surface area contributed by atoms with Gasteiger partial charge < -0.3 is 0 Å². The summed E-state index contributed by atoms with van der Waals surface area (Å²) < 4.78 is 0. The van der Waals surface area contributed by atoms with Gasteiger partial charge in [0.05, 0.1) is 12.1 Å². The molecular weight excluding hydrogens is 172 g/mol. The van der Waals surface area contributed by atoms with Crippen LogP contribution in [0.15, 0.2) is 36.5 Å². The zero-order chi connectivity index (χ0) is 10.4. The first kappa shape index (κ1) is 10.2. The Bertz CT molecular complexity index is 455. The third kappa shape index (κ3) is 2.08. The molecule has 0 spiro atoms. The number of nitrogens with zero attached hydrogens (tertiary/aromatic N) is 2. The normalized spacial score (nSPS) is 8.64. The van der Waals surface area contributed by atoms with Gasteiger partial charge in [0.1, 0.15) is 0 Å². The molecule has 0 unspecified atom stereocenters. The summed E-state index contributed by atoms with van der Waals surface area (Å²) in [6.45, 7) is 10.8. The molecule has 1 aromatic heterocycles. The fourth-order valence-corrected chi connectivity index (χ4v) is 1.12. The molecule has 0 N–H and O–H groups in total. The molecule has 0 aliphatic carbocycles. The van der Waals surface area contributed by atoms with Gasteiger partial charge in [-0.05, 0) is 17.5 Å². The number of pyridine rings is 1. The van der Waals surface area contributed by atoms with Gasteiger partial charge in [-0.3, -0.25) is 4.98 Å². The maximum absolute atomic E-state index is 6.80. The zero-order valence-electron chi connectivity index (χ0n) is 8.36. The summed E-state index contributed by atoms with van der Waals surface area (Å²) in [4.78, 5) is 7.45. The Morgan fingerprint density at radius 3 is 2.64 bits per heavy atom. The second-order valence-corrected chi connectivity index (χ2v) is 2.50. The summed E-state index contributed by atoms with van der Waals surface area (Å²) in [5, 5.41) is 1.02. The maximum atomic E-state index is 6.80. The molecule has 0 aliphatic heterocycles. The lowest BCUT2D eigenvalue weighted by molar-refractivity contribution is 1.42. The first-order valence-corrected chi connectivity index (χ1v) is 4.62. The van der Waals surface area contributed by atoms with Gasteiger partial charge in [0.2, 0.25) is 5.69 Å². The predicted octanol–water partition coefficient (Wildman–Crippen LogP) is 3.81. The van der Waals surface area contributed by atoms with Crippen molar-refractivity contribution >= 4 is 16.6 Å². The van der Waals surface area contributed by atoms with E-state index in [1.165, 1.54) is 0 Å². The third-order valence-electron chi connectivity index (χ3n) is 1.71. The van der Waals surface area contributed by atoms with E-state index >= 15 is 0 Å². The van der Waals surface area contributed by atoms with E-state index in [0.717, 1.165) is 10.9 Å². The predicted molar refractivity (Wildman–Crippen MR) is 59.4 cm³/mol. The number of rotatable bonds is 0. The van der Waals surface area contributed by atoms with Crippen LogP contribution in [0, 0.1) is 6.57 Å². The van der Waals surface area contributed by atoms with E-state index in [2.05, 4.69) is 9.83 Å². The van der Waals surface area contributed by atoms with Crippen LogP contribution in [0.1, 0.15) is 13.8 Å². The van der Waals surface area contributed by atoms with Crippen molar-refractivity contribution in [1.82, 2.24) is 4.98 Å². The quantitative estimate of drug-likeness (QED) is 0.569. The molecule has 14 heavy (non-hydrogen) atoms. The highest BCUT2D eigenvalue weighted by Gasteiger charge is 1.94. The number of hydrogen-bond acceptors (Lipinski definition) is 1. The van der Waals surface area contributed by atoms with E-state index in [-0.39, 0.29) is 0 Å². The first-order chi connectivity index (χ1) is 6.90. The fourth-order valence-electron chi connectivity index (χ4n) is 1.12. The maximum Gasteiger partial charge on any atom is 0.205 e.